The number of hydrogen-bond acceptors (Lipinski definition) is 4. The van der Waals surface area contributed by atoms with Crippen LogP contribution in [0.3, 0.4) is 0 Å². The van der Waals surface area contributed by atoms with Gasteiger partial charge in [-0.3, -0.25) is 9.59 Å². The van der Waals surface area contributed by atoms with Crippen molar-refractivity contribution in [3.63, 3.8) is 0 Å². The first-order valence-electron chi connectivity index (χ1n) is 9.78. The Labute approximate surface area is 176 Å². The van der Waals surface area contributed by atoms with Crippen LogP contribution in [0.1, 0.15) is 18.9 Å². The summed E-state index contributed by atoms with van der Waals surface area (Å²) < 4.78 is 5.57. The van der Waals surface area contributed by atoms with Gasteiger partial charge in [0.25, 0.3) is 5.91 Å². The summed E-state index contributed by atoms with van der Waals surface area (Å²) in [7, 11) is 0. The molecule has 3 rings (SSSR count). The molecule has 1 aliphatic heterocycles. The second-order valence-corrected chi connectivity index (χ2v) is 7.45. The second kappa shape index (κ2) is 9.65. The fourth-order valence-corrected chi connectivity index (χ4v) is 3.54. The van der Waals surface area contributed by atoms with E-state index in [0.717, 1.165) is 43.1 Å². The number of anilines is 2. The second-order valence-electron chi connectivity index (χ2n) is 7.01. The van der Waals surface area contributed by atoms with Crippen LogP contribution in [0, 0.1) is 6.92 Å². The number of carbonyl (C=O) groups excluding carboxylic acids is 2. The molecule has 1 saturated heterocycles. The van der Waals surface area contributed by atoms with Crippen LogP contribution in [-0.2, 0) is 9.59 Å². The lowest BCUT2D eigenvalue weighted by atomic mass is 10.2. The lowest BCUT2D eigenvalue weighted by molar-refractivity contribution is -0.131. The van der Waals surface area contributed by atoms with E-state index in [0.29, 0.717) is 17.2 Å². The zero-order chi connectivity index (χ0) is 20.8. The molecule has 1 aliphatic rings. The molecule has 0 bridgehead atoms. The zero-order valence-electron chi connectivity index (χ0n) is 16.8. The summed E-state index contributed by atoms with van der Waals surface area (Å²) >= 11 is 5.93. The minimum Gasteiger partial charge on any atom is -0.483 e. The maximum atomic E-state index is 12.2. The fourth-order valence-electron chi connectivity index (χ4n) is 3.31. The summed E-state index contributed by atoms with van der Waals surface area (Å²) in [5.74, 6) is 0.623. The highest BCUT2D eigenvalue weighted by Crippen LogP contribution is 2.22. The third kappa shape index (κ3) is 5.64. The van der Waals surface area contributed by atoms with E-state index in [9.17, 15) is 9.59 Å². The van der Waals surface area contributed by atoms with Gasteiger partial charge in [-0.1, -0.05) is 18.5 Å². The molecule has 6 nitrogen and oxygen atoms in total. The standard InChI is InChI=1S/C22H26ClN3O3/c1-3-22(28)26-12-10-25(11-13-26)19-7-5-18(6-8-19)24-21(27)15-29-20-9-4-17(23)14-16(20)2/h4-9,14H,3,10-13,15H2,1-2H3,(H,24,27). The van der Waals surface area contributed by atoms with E-state index >= 15 is 0 Å². The zero-order valence-corrected chi connectivity index (χ0v) is 17.5. The predicted octanol–water partition coefficient (Wildman–Crippen LogP) is 3.72. The van der Waals surface area contributed by atoms with Gasteiger partial charge in [0, 0.05) is 49.0 Å². The lowest BCUT2D eigenvalue weighted by Gasteiger charge is -2.36. The molecule has 2 aromatic rings. The first-order chi connectivity index (χ1) is 14.0. The van der Waals surface area contributed by atoms with E-state index in [2.05, 4.69) is 10.2 Å². The molecule has 2 aromatic carbocycles. The van der Waals surface area contributed by atoms with Gasteiger partial charge >= 0.3 is 0 Å². The Morgan fingerprint density at radius 3 is 2.38 bits per heavy atom. The number of nitrogens with one attached hydrogen (secondary N) is 1. The average molecular weight is 416 g/mol. The number of rotatable bonds is 6. The van der Waals surface area contributed by atoms with Gasteiger partial charge in [0.2, 0.25) is 5.91 Å². The Morgan fingerprint density at radius 2 is 1.76 bits per heavy atom. The van der Waals surface area contributed by atoms with Gasteiger partial charge in [-0.05, 0) is 55.0 Å². The van der Waals surface area contributed by atoms with E-state index in [-0.39, 0.29) is 18.4 Å². The molecule has 29 heavy (non-hydrogen) atoms. The monoisotopic (exact) mass is 415 g/mol. The number of aryl methyl sites for hydroxylation is 1. The molecule has 1 fully saturated rings. The molecule has 0 unspecified atom stereocenters. The van der Waals surface area contributed by atoms with Crippen LogP contribution in [0.4, 0.5) is 11.4 Å². The van der Waals surface area contributed by atoms with Crippen molar-refractivity contribution >= 4 is 34.8 Å². The van der Waals surface area contributed by atoms with E-state index in [1.807, 2.05) is 43.0 Å². The van der Waals surface area contributed by atoms with Crippen LogP contribution in [0.5, 0.6) is 5.75 Å². The van der Waals surface area contributed by atoms with Crippen LogP contribution < -0.4 is 15.0 Å². The maximum Gasteiger partial charge on any atom is 0.262 e. The molecule has 2 amide bonds. The summed E-state index contributed by atoms with van der Waals surface area (Å²) in [6, 6.07) is 13.0. The summed E-state index contributed by atoms with van der Waals surface area (Å²) in [5, 5.41) is 3.48. The molecule has 154 valence electrons. The van der Waals surface area contributed by atoms with Gasteiger partial charge in [0.1, 0.15) is 5.75 Å². The molecule has 0 spiro atoms. The summed E-state index contributed by atoms with van der Waals surface area (Å²) in [6.07, 6.45) is 0.551. The quantitative estimate of drug-likeness (QED) is 0.781. The van der Waals surface area contributed by atoms with Gasteiger partial charge in [0.05, 0.1) is 0 Å². The van der Waals surface area contributed by atoms with Crippen molar-refractivity contribution in [3.8, 4) is 5.75 Å². The molecule has 0 aromatic heterocycles. The Bertz CT molecular complexity index is 862. The van der Waals surface area contributed by atoms with Gasteiger partial charge in [-0.15, -0.1) is 0 Å². The highest BCUT2D eigenvalue weighted by molar-refractivity contribution is 6.30. The van der Waals surface area contributed by atoms with Crippen molar-refractivity contribution in [2.45, 2.75) is 20.3 Å². The van der Waals surface area contributed by atoms with Crippen molar-refractivity contribution in [3.05, 3.63) is 53.1 Å². The topological polar surface area (TPSA) is 61.9 Å². The Balaban J connectivity index is 1.49. The molecule has 0 atom stereocenters. The van der Waals surface area contributed by atoms with E-state index in [4.69, 9.17) is 16.3 Å². The number of benzene rings is 2. The predicted molar refractivity (Wildman–Crippen MR) is 116 cm³/mol. The highest BCUT2D eigenvalue weighted by Gasteiger charge is 2.20. The largest absolute Gasteiger partial charge is 0.483 e. The minimum atomic E-state index is -0.223. The molecule has 0 aliphatic carbocycles. The number of carbonyl (C=O) groups is 2. The molecule has 7 heteroatoms. The SMILES string of the molecule is CCC(=O)N1CCN(c2ccc(NC(=O)COc3ccc(Cl)cc3C)cc2)CC1. The normalized spacial score (nSPS) is 13.9. The average Bonchev–Trinajstić information content (AvgIpc) is 2.73. The maximum absolute atomic E-state index is 12.2. The minimum absolute atomic E-state index is 0.0718. The smallest absolute Gasteiger partial charge is 0.262 e. The molecule has 0 radical (unpaired) electrons. The summed E-state index contributed by atoms with van der Waals surface area (Å²) in [6.45, 7) is 6.81. The first kappa shape index (κ1) is 21.0. The Hall–Kier alpha value is -2.73. The number of amides is 2. The van der Waals surface area contributed by atoms with Gasteiger partial charge < -0.3 is 19.9 Å². The number of nitrogens with zero attached hydrogens (tertiary/aromatic N) is 2. The van der Waals surface area contributed by atoms with Crippen molar-refractivity contribution in [2.75, 3.05) is 43.0 Å². The number of ether oxygens (including phenoxy) is 1. The van der Waals surface area contributed by atoms with Gasteiger partial charge in [0.15, 0.2) is 6.61 Å². The summed E-state index contributed by atoms with van der Waals surface area (Å²) in [4.78, 5) is 28.1. The third-order valence-electron chi connectivity index (χ3n) is 4.95. The molecule has 0 saturated carbocycles. The summed E-state index contributed by atoms with van der Waals surface area (Å²) in [5.41, 5.74) is 2.69. The molecule has 1 heterocycles. The van der Waals surface area contributed by atoms with Crippen molar-refractivity contribution in [1.29, 1.82) is 0 Å². The van der Waals surface area contributed by atoms with Crippen LogP contribution in [0.25, 0.3) is 0 Å². The van der Waals surface area contributed by atoms with Gasteiger partial charge in [-0.25, -0.2) is 0 Å². The lowest BCUT2D eigenvalue weighted by Crippen LogP contribution is -2.48. The van der Waals surface area contributed by atoms with E-state index in [1.54, 1.807) is 18.2 Å². The highest BCUT2D eigenvalue weighted by atomic mass is 35.5. The van der Waals surface area contributed by atoms with E-state index < -0.39 is 0 Å². The van der Waals surface area contributed by atoms with E-state index in [1.165, 1.54) is 0 Å². The van der Waals surface area contributed by atoms with Crippen LogP contribution in [-0.4, -0.2) is 49.5 Å². The number of hydrogen-bond donors (Lipinski definition) is 1. The van der Waals surface area contributed by atoms with Crippen molar-refractivity contribution < 1.29 is 14.3 Å². The Morgan fingerprint density at radius 1 is 1.07 bits per heavy atom. The van der Waals surface area contributed by atoms with Gasteiger partial charge in [-0.2, -0.15) is 0 Å². The van der Waals surface area contributed by atoms with Crippen molar-refractivity contribution in [2.24, 2.45) is 0 Å². The third-order valence-corrected chi connectivity index (χ3v) is 5.18. The fraction of sp³-hybridized carbons (Fsp3) is 0.364. The van der Waals surface area contributed by atoms with Crippen LogP contribution >= 0.6 is 11.6 Å². The number of halogens is 1. The van der Waals surface area contributed by atoms with Crippen LogP contribution in [0.2, 0.25) is 5.02 Å². The number of piperazine rings is 1. The first-order valence-corrected chi connectivity index (χ1v) is 10.2. The van der Waals surface area contributed by atoms with Crippen molar-refractivity contribution in [1.82, 2.24) is 4.90 Å². The molecular formula is C22H26ClN3O3. The molecular weight excluding hydrogens is 390 g/mol. The molecule has 1 N–H and O–H groups in total. The van der Waals surface area contributed by atoms with Crippen LogP contribution in [0.15, 0.2) is 42.5 Å². The Kier molecular flexibility index (Phi) is 6.99.